The Balaban J connectivity index is 1.34. The van der Waals surface area contributed by atoms with E-state index in [0.717, 1.165) is 30.7 Å². The number of likely N-dealkylation sites (tertiary alicyclic amines) is 1. The summed E-state index contributed by atoms with van der Waals surface area (Å²) in [4.78, 5) is 27.3. The Morgan fingerprint density at radius 2 is 2.14 bits per heavy atom. The van der Waals surface area contributed by atoms with Crippen molar-refractivity contribution in [3.63, 3.8) is 0 Å². The van der Waals surface area contributed by atoms with Gasteiger partial charge < -0.3 is 14.2 Å². The molecular formula is C21H23N5O3. The third kappa shape index (κ3) is 4.77. The van der Waals surface area contributed by atoms with Crippen molar-refractivity contribution < 1.29 is 14.1 Å². The highest BCUT2D eigenvalue weighted by Crippen LogP contribution is 2.22. The summed E-state index contributed by atoms with van der Waals surface area (Å²) in [6.07, 6.45) is 7.87. The smallest absolute Gasteiger partial charge is 0.227 e. The number of amides is 1. The van der Waals surface area contributed by atoms with Crippen LogP contribution < -0.4 is 4.74 Å². The molecule has 1 amide bonds. The van der Waals surface area contributed by atoms with Crippen LogP contribution in [0.15, 0.2) is 47.4 Å². The van der Waals surface area contributed by atoms with E-state index >= 15 is 0 Å². The molecule has 0 radical (unpaired) electrons. The van der Waals surface area contributed by atoms with Crippen molar-refractivity contribution in [3.8, 4) is 17.3 Å². The second-order valence-electron chi connectivity index (χ2n) is 7.18. The molecule has 0 N–H and O–H groups in total. The molecule has 1 fully saturated rings. The first-order valence-corrected chi connectivity index (χ1v) is 9.71. The first kappa shape index (κ1) is 19.0. The summed E-state index contributed by atoms with van der Waals surface area (Å²) in [5.41, 5.74) is 1.57. The van der Waals surface area contributed by atoms with Gasteiger partial charge in [-0.15, -0.1) is 0 Å². The molecule has 3 heterocycles. The van der Waals surface area contributed by atoms with Gasteiger partial charge in [0, 0.05) is 31.9 Å². The number of ether oxygens (including phenoxy) is 1. The Bertz CT molecular complexity index is 942. The summed E-state index contributed by atoms with van der Waals surface area (Å²) in [6.45, 7) is 1.50. The van der Waals surface area contributed by atoms with Gasteiger partial charge in [0.2, 0.25) is 17.6 Å². The lowest BCUT2D eigenvalue weighted by atomic mass is 9.94. The lowest BCUT2D eigenvalue weighted by Gasteiger charge is -2.32. The molecule has 29 heavy (non-hydrogen) atoms. The van der Waals surface area contributed by atoms with Gasteiger partial charge in [0.25, 0.3) is 0 Å². The molecule has 1 aliphatic rings. The fraction of sp³-hybridized carbons (Fsp3) is 0.381. The van der Waals surface area contributed by atoms with Gasteiger partial charge in [-0.3, -0.25) is 9.78 Å². The molecule has 2 aromatic heterocycles. The Labute approximate surface area is 168 Å². The zero-order chi connectivity index (χ0) is 20.1. The standard InChI is InChI=1S/C21H23N5O3/c1-28-17-6-4-15(5-7-17)12-20(27)26-10-2-3-16(14-26)11-19-24-21(25-29-19)18-13-22-8-9-23-18/h4-9,13,16H,2-3,10-12,14H2,1H3. The fourth-order valence-electron chi connectivity index (χ4n) is 3.59. The van der Waals surface area contributed by atoms with Gasteiger partial charge in [-0.1, -0.05) is 17.3 Å². The Morgan fingerprint density at radius 3 is 2.90 bits per heavy atom. The second kappa shape index (κ2) is 8.81. The minimum atomic E-state index is 0.144. The van der Waals surface area contributed by atoms with E-state index in [4.69, 9.17) is 9.26 Å². The van der Waals surface area contributed by atoms with Crippen LogP contribution in [0.3, 0.4) is 0 Å². The highest BCUT2D eigenvalue weighted by Gasteiger charge is 2.25. The molecule has 1 atom stereocenters. The van der Waals surface area contributed by atoms with Gasteiger partial charge in [0.1, 0.15) is 11.4 Å². The van der Waals surface area contributed by atoms with E-state index in [9.17, 15) is 4.79 Å². The van der Waals surface area contributed by atoms with Crippen molar-refractivity contribution in [3.05, 3.63) is 54.3 Å². The molecule has 4 rings (SSSR count). The van der Waals surface area contributed by atoms with Crippen molar-refractivity contribution in [2.45, 2.75) is 25.7 Å². The maximum absolute atomic E-state index is 12.7. The number of carbonyl (C=O) groups excluding carboxylic acids is 1. The third-order valence-electron chi connectivity index (χ3n) is 5.11. The first-order valence-electron chi connectivity index (χ1n) is 9.71. The minimum absolute atomic E-state index is 0.144. The zero-order valence-corrected chi connectivity index (χ0v) is 16.3. The average Bonchev–Trinajstić information content (AvgIpc) is 3.23. The molecule has 8 nitrogen and oxygen atoms in total. The van der Waals surface area contributed by atoms with Gasteiger partial charge in [0.05, 0.1) is 19.7 Å². The number of hydrogen-bond acceptors (Lipinski definition) is 7. The predicted octanol–water partition coefficient (Wildman–Crippen LogP) is 2.56. The van der Waals surface area contributed by atoms with Crippen molar-refractivity contribution in [2.24, 2.45) is 5.92 Å². The number of nitrogens with zero attached hydrogens (tertiary/aromatic N) is 5. The van der Waals surface area contributed by atoms with Crippen LogP contribution in [-0.2, 0) is 17.6 Å². The molecule has 1 saturated heterocycles. The van der Waals surface area contributed by atoms with Crippen molar-refractivity contribution in [2.75, 3.05) is 20.2 Å². The molecule has 0 aliphatic carbocycles. The highest BCUT2D eigenvalue weighted by molar-refractivity contribution is 5.78. The van der Waals surface area contributed by atoms with Crippen molar-refractivity contribution in [1.29, 1.82) is 0 Å². The van der Waals surface area contributed by atoms with E-state index < -0.39 is 0 Å². The van der Waals surface area contributed by atoms with Crippen LogP contribution in [0, 0.1) is 5.92 Å². The molecule has 8 heteroatoms. The Morgan fingerprint density at radius 1 is 1.28 bits per heavy atom. The van der Waals surface area contributed by atoms with E-state index in [1.165, 1.54) is 0 Å². The molecular weight excluding hydrogens is 370 g/mol. The van der Waals surface area contributed by atoms with Crippen LogP contribution in [0.5, 0.6) is 5.75 Å². The lowest BCUT2D eigenvalue weighted by molar-refractivity contribution is -0.132. The molecule has 1 aliphatic heterocycles. The Kier molecular flexibility index (Phi) is 5.79. The van der Waals surface area contributed by atoms with Crippen LogP contribution in [0.4, 0.5) is 0 Å². The number of methoxy groups -OCH3 is 1. The van der Waals surface area contributed by atoms with Crippen molar-refractivity contribution in [1.82, 2.24) is 25.0 Å². The highest BCUT2D eigenvalue weighted by atomic mass is 16.5. The number of benzene rings is 1. The summed E-state index contributed by atoms with van der Waals surface area (Å²) >= 11 is 0. The number of hydrogen-bond donors (Lipinski definition) is 0. The fourth-order valence-corrected chi connectivity index (χ4v) is 3.59. The van der Waals surface area contributed by atoms with Gasteiger partial charge in [-0.2, -0.15) is 4.98 Å². The van der Waals surface area contributed by atoms with Gasteiger partial charge in [-0.05, 0) is 36.5 Å². The number of piperidine rings is 1. The molecule has 0 bridgehead atoms. The molecule has 0 spiro atoms. The van der Waals surface area contributed by atoms with E-state index in [1.54, 1.807) is 25.7 Å². The summed E-state index contributed by atoms with van der Waals surface area (Å²) < 4.78 is 10.6. The summed E-state index contributed by atoms with van der Waals surface area (Å²) in [5.74, 6) is 2.25. The summed E-state index contributed by atoms with van der Waals surface area (Å²) in [7, 11) is 1.63. The van der Waals surface area contributed by atoms with Gasteiger partial charge >= 0.3 is 0 Å². The van der Waals surface area contributed by atoms with Crippen LogP contribution in [0.2, 0.25) is 0 Å². The first-order chi connectivity index (χ1) is 14.2. The minimum Gasteiger partial charge on any atom is -0.497 e. The summed E-state index contributed by atoms with van der Waals surface area (Å²) in [5, 5.41) is 4.00. The number of aromatic nitrogens is 4. The SMILES string of the molecule is COc1ccc(CC(=O)N2CCCC(Cc3nc(-c4cnccn4)no3)C2)cc1. The average molecular weight is 393 g/mol. The largest absolute Gasteiger partial charge is 0.497 e. The third-order valence-corrected chi connectivity index (χ3v) is 5.11. The van der Waals surface area contributed by atoms with E-state index in [0.29, 0.717) is 42.7 Å². The van der Waals surface area contributed by atoms with Gasteiger partial charge in [0.15, 0.2) is 0 Å². The van der Waals surface area contributed by atoms with Gasteiger partial charge in [-0.25, -0.2) is 4.98 Å². The second-order valence-corrected chi connectivity index (χ2v) is 7.18. The van der Waals surface area contributed by atoms with Crippen LogP contribution >= 0.6 is 0 Å². The maximum atomic E-state index is 12.7. The number of rotatable bonds is 6. The number of carbonyl (C=O) groups is 1. The monoisotopic (exact) mass is 393 g/mol. The van der Waals surface area contributed by atoms with Crippen molar-refractivity contribution >= 4 is 5.91 Å². The molecule has 3 aromatic rings. The van der Waals surface area contributed by atoms with Crippen LogP contribution in [0.25, 0.3) is 11.5 Å². The van der Waals surface area contributed by atoms with Crippen LogP contribution in [0.1, 0.15) is 24.3 Å². The molecule has 0 saturated carbocycles. The van der Waals surface area contributed by atoms with E-state index in [1.807, 2.05) is 29.2 Å². The van der Waals surface area contributed by atoms with E-state index in [-0.39, 0.29) is 5.91 Å². The molecule has 1 aromatic carbocycles. The maximum Gasteiger partial charge on any atom is 0.227 e. The van der Waals surface area contributed by atoms with E-state index in [2.05, 4.69) is 20.1 Å². The Hall–Kier alpha value is -3.29. The quantitative estimate of drug-likeness (QED) is 0.635. The normalized spacial score (nSPS) is 16.6. The lowest BCUT2D eigenvalue weighted by Crippen LogP contribution is -2.41. The molecule has 150 valence electrons. The molecule has 1 unspecified atom stereocenters. The predicted molar refractivity (Wildman–Crippen MR) is 105 cm³/mol. The topological polar surface area (TPSA) is 94.2 Å². The summed E-state index contributed by atoms with van der Waals surface area (Å²) in [6, 6.07) is 7.63. The van der Waals surface area contributed by atoms with Crippen LogP contribution in [-0.4, -0.2) is 51.1 Å². The zero-order valence-electron chi connectivity index (χ0n) is 16.3.